The van der Waals surface area contributed by atoms with Gasteiger partial charge in [-0.1, -0.05) is 30.7 Å². The Hall–Kier alpha value is -5.74. The number of aryl methyl sites for hydroxylation is 1. The predicted octanol–water partition coefficient (Wildman–Crippen LogP) is 6.29. The molecule has 1 aliphatic carbocycles. The minimum absolute atomic E-state index is 0.00309. The number of amides is 3. The van der Waals surface area contributed by atoms with E-state index >= 15 is 0 Å². The third kappa shape index (κ3) is 9.02. The molecule has 2 aromatic carbocycles. The van der Waals surface area contributed by atoms with E-state index in [0.717, 1.165) is 64.5 Å². The van der Waals surface area contributed by atoms with E-state index < -0.39 is 23.9 Å². The van der Waals surface area contributed by atoms with Gasteiger partial charge in [0.25, 0.3) is 18.2 Å². The molecule has 0 unspecified atom stereocenters. The lowest BCUT2D eigenvalue weighted by Crippen LogP contribution is -2.37. The number of nitrogens with zero attached hydrogens (tertiary/aromatic N) is 6. The molecule has 1 saturated heterocycles. The maximum absolute atomic E-state index is 14.2. The number of benzene rings is 2. The molecule has 8 rings (SSSR count). The highest BCUT2D eigenvalue weighted by molar-refractivity contribution is 6.11. The van der Waals surface area contributed by atoms with Crippen LogP contribution >= 0.6 is 0 Å². The summed E-state index contributed by atoms with van der Waals surface area (Å²) in [6.45, 7) is 4.39. The van der Waals surface area contributed by atoms with Gasteiger partial charge in [0.2, 0.25) is 5.91 Å². The number of unbranched alkanes of at least 4 members (excludes halogenated alkanes) is 2. The number of rotatable bonds is 15. The molecule has 16 heteroatoms. The van der Waals surface area contributed by atoms with Gasteiger partial charge in [-0.15, -0.1) is 0 Å². The Kier molecular flexibility index (Phi) is 12.0. The van der Waals surface area contributed by atoms with Crippen molar-refractivity contribution in [2.75, 3.05) is 49.6 Å². The fourth-order valence-corrected chi connectivity index (χ4v) is 8.03. The summed E-state index contributed by atoms with van der Waals surface area (Å²) in [5, 5.41) is 17.1. The van der Waals surface area contributed by atoms with E-state index in [2.05, 4.69) is 36.0 Å². The molecule has 0 spiro atoms. The first-order valence-electron chi connectivity index (χ1n) is 20.1. The van der Waals surface area contributed by atoms with Crippen molar-refractivity contribution in [2.45, 2.75) is 70.3 Å². The Morgan fingerprint density at radius 1 is 1.00 bits per heavy atom. The Morgan fingerprint density at radius 3 is 2.60 bits per heavy atom. The molecular weight excluding hydrogens is 749 g/mol. The van der Waals surface area contributed by atoms with Crippen molar-refractivity contribution >= 4 is 34.9 Å². The second kappa shape index (κ2) is 17.8. The molecule has 2 fully saturated rings. The Morgan fingerprint density at radius 2 is 1.81 bits per heavy atom. The lowest BCUT2D eigenvalue weighted by atomic mass is 9.86. The number of nitrogens with one attached hydrogen (secondary N) is 3. The highest BCUT2D eigenvalue weighted by Crippen LogP contribution is 2.35. The summed E-state index contributed by atoms with van der Waals surface area (Å²) in [5.74, 6) is 0.956. The van der Waals surface area contributed by atoms with Gasteiger partial charge >= 0.3 is 0 Å². The highest BCUT2D eigenvalue weighted by atomic mass is 19.3. The van der Waals surface area contributed by atoms with Gasteiger partial charge in [-0.3, -0.25) is 24.4 Å². The quantitative estimate of drug-likeness (QED) is 0.0813. The van der Waals surface area contributed by atoms with Crippen LogP contribution in [0.25, 0.3) is 5.65 Å². The number of carbonyl (C=O) groups is 3. The second-order valence-electron chi connectivity index (χ2n) is 15.2. The Balaban J connectivity index is 0.751. The zero-order valence-corrected chi connectivity index (χ0v) is 32.2. The number of anilines is 2. The van der Waals surface area contributed by atoms with Crippen LogP contribution in [0.2, 0.25) is 0 Å². The van der Waals surface area contributed by atoms with Crippen molar-refractivity contribution in [1.29, 1.82) is 0 Å². The lowest BCUT2D eigenvalue weighted by Gasteiger charge is -2.29. The number of aromatic nitrogens is 5. The maximum atomic E-state index is 14.2. The summed E-state index contributed by atoms with van der Waals surface area (Å²) in [6.07, 6.45) is 9.71. The standard InChI is InChI=1S/C42H47F2N9O5/c43-39(44)38-33(47-41(55)32-25-46-52-18-16-35(48-40(32)52)51-19-21-57-22-20-51)26-53(50-38)30-12-8-28(9-13-30)24-45-17-3-1-2-5-27-10-14-31(15-11-27)58-34-7-4-6-29-23-36(54)49-42(56)37(29)34/h4,6-7,10-11,14-16,18,25-26,28,30,39,45H,1-3,5,8-9,12-13,17,19-24H2,(H,47,55)(H,49,54,56). The van der Waals surface area contributed by atoms with Crippen molar-refractivity contribution in [3.8, 4) is 11.5 Å². The van der Waals surface area contributed by atoms with Gasteiger partial charge in [0.05, 0.1) is 43.1 Å². The van der Waals surface area contributed by atoms with E-state index in [4.69, 9.17) is 9.47 Å². The summed E-state index contributed by atoms with van der Waals surface area (Å²) < 4.78 is 42.9. The van der Waals surface area contributed by atoms with Gasteiger partial charge in [0.1, 0.15) is 22.9 Å². The number of hydrogen-bond donors (Lipinski definition) is 3. The number of carbonyl (C=O) groups excluding carboxylic acids is 3. The molecule has 3 N–H and O–H groups in total. The van der Waals surface area contributed by atoms with Crippen LogP contribution in [0.5, 0.6) is 11.5 Å². The summed E-state index contributed by atoms with van der Waals surface area (Å²) in [4.78, 5) is 44.2. The molecule has 0 bridgehead atoms. The van der Waals surface area contributed by atoms with Crippen molar-refractivity contribution in [3.63, 3.8) is 0 Å². The monoisotopic (exact) mass is 795 g/mol. The van der Waals surface area contributed by atoms with E-state index in [-0.39, 0.29) is 29.6 Å². The van der Waals surface area contributed by atoms with E-state index in [1.807, 2.05) is 30.3 Å². The van der Waals surface area contributed by atoms with Crippen LogP contribution in [-0.4, -0.2) is 81.5 Å². The third-order valence-electron chi connectivity index (χ3n) is 11.2. The number of hydrogen-bond acceptors (Lipinski definition) is 10. The summed E-state index contributed by atoms with van der Waals surface area (Å²) in [6, 6.07) is 15.0. The summed E-state index contributed by atoms with van der Waals surface area (Å²) >= 11 is 0. The zero-order chi connectivity index (χ0) is 40.0. The number of morpholine rings is 1. The molecule has 3 aliphatic rings. The topological polar surface area (TPSA) is 157 Å². The largest absolute Gasteiger partial charge is 0.457 e. The maximum Gasteiger partial charge on any atom is 0.284 e. The van der Waals surface area contributed by atoms with Gasteiger partial charge in [0, 0.05) is 25.5 Å². The van der Waals surface area contributed by atoms with Gasteiger partial charge < -0.3 is 25.0 Å². The van der Waals surface area contributed by atoms with Gasteiger partial charge in [-0.2, -0.15) is 10.2 Å². The first-order chi connectivity index (χ1) is 28.3. The zero-order valence-electron chi connectivity index (χ0n) is 32.2. The van der Waals surface area contributed by atoms with E-state index in [1.165, 1.54) is 22.5 Å². The fourth-order valence-electron chi connectivity index (χ4n) is 8.03. The van der Waals surface area contributed by atoms with Crippen LogP contribution in [0.4, 0.5) is 20.3 Å². The Labute approximate surface area is 334 Å². The molecular formula is C42H47F2N9O5. The molecule has 2 aliphatic heterocycles. The first kappa shape index (κ1) is 39.1. The Bertz CT molecular complexity index is 2250. The summed E-state index contributed by atoms with van der Waals surface area (Å²) in [5.41, 5.74) is 2.37. The normalized spacial score (nSPS) is 18.4. The molecule has 1 saturated carbocycles. The number of imide groups is 1. The van der Waals surface area contributed by atoms with Crippen LogP contribution in [0, 0.1) is 5.92 Å². The highest BCUT2D eigenvalue weighted by Gasteiger charge is 2.29. The van der Waals surface area contributed by atoms with Crippen LogP contribution in [0.15, 0.2) is 67.1 Å². The third-order valence-corrected chi connectivity index (χ3v) is 11.2. The molecule has 14 nitrogen and oxygen atoms in total. The van der Waals surface area contributed by atoms with Crippen LogP contribution in [0.3, 0.4) is 0 Å². The molecule has 5 aromatic rings. The van der Waals surface area contributed by atoms with E-state index in [1.54, 1.807) is 29.1 Å². The van der Waals surface area contributed by atoms with Crippen molar-refractivity contribution in [3.05, 3.63) is 95.1 Å². The number of alkyl halides is 2. The average Bonchev–Trinajstić information content (AvgIpc) is 3.86. The fraction of sp³-hybridized carbons (Fsp3) is 0.429. The second-order valence-corrected chi connectivity index (χ2v) is 15.2. The summed E-state index contributed by atoms with van der Waals surface area (Å²) in [7, 11) is 0. The minimum atomic E-state index is -2.85. The lowest BCUT2D eigenvalue weighted by molar-refractivity contribution is -0.119. The number of ether oxygens (including phenoxy) is 2. The SMILES string of the molecule is O=C1Cc2cccc(Oc3ccc(CCCCCNCC4CCC(n5cc(NC(=O)c6cnn7ccc(N8CCOCC8)nc67)c(C(F)F)n5)CC4)cc3)c2C(=O)N1. The van der Waals surface area contributed by atoms with Gasteiger partial charge in [0.15, 0.2) is 11.3 Å². The molecule has 3 aromatic heterocycles. The van der Waals surface area contributed by atoms with Crippen LogP contribution < -0.4 is 25.6 Å². The van der Waals surface area contributed by atoms with Crippen molar-refractivity contribution < 1.29 is 32.6 Å². The molecule has 5 heterocycles. The molecule has 58 heavy (non-hydrogen) atoms. The van der Waals surface area contributed by atoms with Crippen LogP contribution in [0.1, 0.15) is 94.9 Å². The number of halogens is 2. The molecule has 304 valence electrons. The van der Waals surface area contributed by atoms with Crippen LogP contribution in [-0.2, 0) is 22.4 Å². The molecule has 0 radical (unpaired) electrons. The van der Waals surface area contributed by atoms with Gasteiger partial charge in [-0.25, -0.2) is 18.3 Å². The first-order valence-corrected chi connectivity index (χ1v) is 20.1. The van der Waals surface area contributed by atoms with Crippen molar-refractivity contribution in [2.24, 2.45) is 5.92 Å². The minimum Gasteiger partial charge on any atom is -0.457 e. The van der Waals surface area contributed by atoms with Crippen molar-refractivity contribution in [1.82, 2.24) is 35.0 Å². The predicted molar refractivity (Wildman–Crippen MR) is 212 cm³/mol. The number of fused-ring (bicyclic) bond motifs is 2. The molecule has 3 amide bonds. The van der Waals surface area contributed by atoms with E-state index in [0.29, 0.717) is 66.3 Å². The average molecular weight is 796 g/mol. The van der Waals surface area contributed by atoms with Gasteiger partial charge in [-0.05, 0) is 99.3 Å². The molecule has 0 atom stereocenters. The van der Waals surface area contributed by atoms with E-state index in [9.17, 15) is 23.2 Å². The smallest absolute Gasteiger partial charge is 0.284 e.